The second-order valence-electron chi connectivity index (χ2n) is 5.46. The Bertz CT molecular complexity index is 430. The molecular weight excluding hydrogens is 288 g/mol. The number of rotatable bonds is 6. The van der Waals surface area contributed by atoms with E-state index in [1.807, 2.05) is 31.2 Å². The zero-order chi connectivity index (χ0) is 14.4. The second-order valence-corrected chi connectivity index (χ2v) is 5.46. The Morgan fingerprint density at radius 3 is 2.71 bits per heavy atom. The van der Waals surface area contributed by atoms with E-state index in [1.165, 1.54) is 6.42 Å². The molecule has 2 atom stereocenters. The van der Waals surface area contributed by atoms with E-state index in [0.717, 1.165) is 30.8 Å². The SMILES string of the molecule is COc1ccc(C(C)NC(=O)CCC2CCNC2)cc1.Cl. The third-order valence-corrected chi connectivity index (χ3v) is 3.94. The molecule has 0 spiro atoms. The molecule has 0 bridgehead atoms. The van der Waals surface area contributed by atoms with Gasteiger partial charge in [0.05, 0.1) is 13.2 Å². The maximum atomic E-state index is 12.0. The summed E-state index contributed by atoms with van der Waals surface area (Å²) < 4.78 is 5.13. The average Bonchev–Trinajstić information content (AvgIpc) is 2.98. The summed E-state index contributed by atoms with van der Waals surface area (Å²) >= 11 is 0. The molecule has 118 valence electrons. The van der Waals surface area contributed by atoms with Crippen LogP contribution in [-0.2, 0) is 4.79 Å². The van der Waals surface area contributed by atoms with Gasteiger partial charge >= 0.3 is 0 Å². The summed E-state index contributed by atoms with van der Waals surface area (Å²) in [7, 11) is 1.65. The number of ether oxygens (including phenoxy) is 1. The Labute approximate surface area is 133 Å². The quantitative estimate of drug-likeness (QED) is 0.849. The van der Waals surface area contributed by atoms with Gasteiger partial charge in [0.2, 0.25) is 5.91 Å². The molecule has 1 fully saturated rings. The normalized spacial score (nSPS) is 18.7. The second kappa shape index (κ2) is 8.90. The van der Waals surface area contributed by atoms with E-state index in [9.17, 15) is 4.79 Å². The number of methoxy groups -OCH3 is 1. The Hall–Kier alpha value is -1.26. The summed E-state index contributed by atoms with van der Waals surface area (Å²) in [5.74, 6) is 1.64. The lowest BCUT2D eigenvalue weighted by Gasteiger charge is -2.15. The zero-order valence-electron chi connectivity index (χ0n) is 12.7. The van der Waals surface area contributed by atoms with Crippen molar-refractivity contribution in [3.8, 4) is 5.75 Å². The molecule has 1 aromatic carbocycles. The van der Waals surface area contributed by atoms with Crippen LogP contribution < -0.4 is 15.4 Å². The first-order chi connectivity index (χ1) is 9.69. The average molecular weight is 313 g/mol. The van der Waals surface area contributed by atoms with E-state index in [2.05, 4.69) is 10.6 Å². The van der Waals surface area contributed by atoms with Crippen LogP contribution in [0.15, 0.2) is 24.3 Å². The molecule has 0 radical (unpaired) electrons. The predicted octanol–water partition coefficient (Wildman–Crippen LogP) is 2.68. The standard InChI is InChI=1S/C16H24N2O2.ClH/c1-12(14-4-6-15(20-2)7-5-14)18-16(19)8-3-13-9-10-17-11-13;/h4-7,12-13,17H,3,8-11H2,1-2H3,(H,18,19);1H. The van der Waals surface area contributed by atoms with Crippen LogP contribution in [0.25, 0.3) is 0 Å². The van der Waals surface area contributed by atoms with Crippen molar-refractivity contribution < 1.29 is 9.53 Å². The maximum absolute atomic E-state index is 12.0. The highest BCUT2D eigenvalue weighted by Crippen LogP contribution is 2.18. The molecule has 1 aliphatic rings. The lowest BCUT2D eigenvalue weighted by atomic mass is 10.0. The highest BCUT2D eigenvalue weighted by molar-refractivity contribution is 5.85. The molecule has 21 heavy (non-hydrogen) atoms. The largest absolute Gasteiger partial charge is 0.497 e. The minimum atomic E-state index is 0. The van der Waals surface area contributed by atoms with Crippen molar-refractivity contribution in [3.63, 3.8) is 0 Å². The van der Waals surface area contributed by atoms with E-state index in [4.69, 9.17) is 4.74 Å². The number of amides is 1. The van der Waals surface area contributed by atoms with Crippen LogP contribution in [0.5, 0.6) is 5.75 Å². The number of hydrogen-bond acceptors (Lipinski definition) is 3. The van der Waals surface area contributed by atoms with E-state index < -0.39 is 0 Å². The number of carbonyl (C=O) groups is 1. The van der Waals surface area contributed by atoms with Crippen molar-refractivity contribution in [3.05, 3.63) is 29.8 Å². The topological polar surface area (TPSA) is 50.4 Å². The number of halogens is 1. The van der Waals surface area contributed by atoms with Crippen LogP contribution in [0.4, 0.5) is 0 Å². The number of nitrogens with one attached hydrogen (secondary N) is 2. The van der Waals surface area contributed by atoms with Gasteiger partial charge in [0.25, 0.3) is 0 Å². The van der Waals surface area contributed by atoms with Crippen LogP contribution >= 0.6 is 12.4 Å². The van der Waals surface area contributed by atoms with E-state index in [-0.39, 0.29) is 24.4 Å². The fraction of sp³-hybridized carbons (Fsp3) is 0.562. The molecule has 1 heterocycles. The highest BCUT2D eigenvalue weighted by Gasteiger charge is 2.16. The Kier molecular flexibility index (Phi) is 7.54. The molecule has 2 rings (SSSR count). The molecule has 1 amide bonds. The van der Waals surface area contributed by atoms with Gasteiger partial charge in [0.15, 0.2) is 0 Å². The van der Waals surface area contributed by atoms with Gasteiger partial charge in [0.1, 0.15) is 5.75 Å². The van der Waals surface area contributed by atoms with E-state index >= 15 is 0 Å². The third kappa shape index (κ3) is 5.56. The van der Waals surface area contributed by atoms with Crippen LogP contribution in [0.3, 0.4) is 0 Å². The Morgan fingerprint density at radius 2 is 2.14 bits per heavy atom. The number of benzene rings is 1. The van der Waals surface area contributed by atoms with Crippen LogP contribution in [-0.4, -0.2) is 26.1 Å². The summed E-state index contributed by atoms with van der Waals surface area (Å²) in [6.07, 6.45) is 2.79. The Balaban J connectivity index is 0.00000220. The molecule has 0 aromatic heterocycles. The van der Waals surface area contributed by atoms with Gasteiger partial charge in [-0.2, -0.15) is 0 Å². The van der Waals surface area contributed by atoms with Gasteiger partial charge in [-0.3, -0.25) is 4.79 Å². The van der Waals surface area contributed by atoms with Crippen molar-refractivity contribution in [2.45, 2.75) is 32.2 Å². The predicted molar refractivity (Wildman–Crippen MR) is 87.0 cm³/mol. The van der Waals surface area contributed by atoms with Crippen molar-refractivity contribution in [1.29, 1.82) is 0 Å². The maximum Gasteiger partial charge on any atom is 0.220 e. The van der Waals surface area contributed by atoms with Gasteiger partial charge in [0, 0.05) is 6.42 Å². The summed E-state index contributed by atoms with van der Waals surface area (Å²) in [6.45, 7) is 4.16. The lowest BCUT2D eigenvalue weighted by molar-refractivity contribution is -0.122. The first-order valence-electron chi connectivity index (χ1n) is 7.33. The summed E-state index contributed by atoms with van der Waals surface area (Å²) in [5, 5.41) is 6.39. The summed E-state index contributed by atoms with van der Waals surface area (Å²) in [5.41, 5.74) is 1.10. The molecule has 0 saturated carbocycles. The van der Waals surface area contributed by atoms with Crippen LogP contribution in [0.1, 0.15) is 37.8 Å². The summed E-state index contributed by atoms with van der Waals surface area (Å²) in [4.78, 5) is 12.0. The van der Waals surface area contributed by atoms with Crippen molar-refractivity contribution in [1.82, 2.24) is 10.6 Å². The van der Waals surface area contributed by atoms with Crippen molar-refractivity contribution in [2.24, 2.45) is 5.92 Å². The fourth-order valence-corrected chi connectivity index (χ4v) is 2.59. The first kappa shape index (κ1) is 17.8. The first-order valence-corrected chi connectivity index (χ1v) is 7.33. The third-order valence-electron chi connectivity index (χ3n) is 3.94. The van der Waals surface area contributed by atoms with Gasteiger partial charge < -0.3 is 15.4 Å². The molecule has 5 heteroatoms. The van der Waals surface area contributed by atoms with Crippen LogP contribution in [0.2, 0.25) is 0 Å². The van der Waals surface area contributed by atoms with Crippen molar-refractivity contribution in [2.75, 3.05) is 20.2 Å². The molecule has 2 N–H and O–H groups in total. The molecule has 4 nitrogen and oxygen atoms in total. The molecular formula is C16H25ClN2O2. The molecule has 1 saturated heterocycles. The smallest absolute Gasteiger partial charge is 0.220 e. The fourth-order valence-electron chi connectivity index (χ4n) is 2.59. The van der Waals surface area contributed by atoms with E-state index in [1.54, 1.807) is 7.11 Å². The number of carbonyl (C=O) groups excluding carboxylic acids is 1. The van der Waals surface area contributed by atoms with Gasteiger partial charge in [-0.05, 0) is 56.5 Å². The highest BCUT2D eigenvalue weighted by atomic mass is 35.5. The molecule has 2 unspecified atom stereocenters. The van der Waals surface area contributed by atoms with Gasteiger partial charge in [-0.1, -0.05) is 12.1 Å². The number of hydrogen-bond donors (Lipinski definition) is 2. The zero-order valence-corrected chi connectivity index (χ0v) is 13.5. The molecule has 1 aliphatic heterocycles. The minimum absolute atomic E-state index is 0. The van der Waals surface area contributed by atoms with Crippen molar-refractivity contribution >= 4 is 18.3 Å². The van der Waals surface area contributed by atoms with E-state index in [0.29, 0.717) is 12.3 Å². The lowest BCUT2D eigenvalue weighted by Crippen LogP contribution is -2.27. The van der Waals surface area contributed by atoms with Gasteiger partial charge in [-0.25, -0.2) is 0 Å². The Morgan fingerprint density at radius 1 is 1.43 bits per heavy atom. The molecule has 0 aliphatic carbocycles. The van der Waals surface area contributed by atoms with Crippen LogP contribution in [0, 0.1) is 5.92 Å². The molecule has 1 aromatic rings. The van der Waals surface area contributed by atoms with Gasteiger partial charge in [-0.15, -0.1) is 12.4 Å². The minimum Gasteiger partial charge on any atom is -0.497 e. The monoisotopic (exact) mass is 312 g/mol. The summed E-state index contributed by atoms with van der Waals surface area (Å²) in [6, 6.07) is 7.86.